The Morgan fingerprint density at radius 3 is 2.55 bits per heavy atom. The highest BCUT2D eigenvalue weighted by Gasteiger charge is 2.04. The van der Waals surface area contributed by atoms with Crippen molar-refractivity contribution in [2.45, 2.75) is 19.8 Å². The monoisotopic (exact) mass is 290 g/mol. The maximum atomic E-state index is 5.73. The van der Waals surface area contributed by atoms with Gasteiger partial charge in [0.25, 0.3) is 0 Å². The number of ether oxygens (including phenoxy) is 1. The van der Waals surface area contributed by atoms with E-state index >= 15 is 0 Å². The standard InChI is InChI=1S/C16H22N2OS/c1-4-15-12-17-16(20-15)13-6-8-14(9-7-13)19-11-5-10-18(2)3/h6-9,12H,4-5,10-11H2,1-3H3. The average molecular weight is 290 g/mol. The molecule has 2 aromatic rings. The van der Waals surface area contributed by atoms with Crippen LogP contribution in [0.4, 0.5) is 0 Å². The van der Waals surface area contributed by atoms with Gasteiger partial charge in [-0.25, -0.2) is 4.98 Å². The molecule has 1 aromatic heterocycles. The predicted molar refractivity (Wildman–Crippen MR) is 85.6 cm³/mol. The lowest BCUT2D eigenvalue weighted by molar-refractivity contribution is 0.281. The van der Waals surface area contributed by atoms with Crippen molar-refractivity contribution >= 4 is 11.3 Å². The van der Waals surface area contributed by atoms with Gasteiger partial charge in [0.1, 0.15) is 10.8 Å². The second kappa shape index (κ2) is 7.41. The third kappa shape index (κ3) is 4.32. The SMILES string of the molecule is CCc1cnc(-c2ccc(OCCCN(C)C)cc2)s1. The first-order valence-electron chi connectivity index (χ1n) is 7.01. The fourth-order valence-electron chi connectivity index (χ4n) is 1.87. The van der Waals surface area contributed by atoms with Gasteiger partial charge in [-0.1, -0.05) is 6.92 Å². The van der Waals surface area contributed by atoms with Gasteiger partial charge < -0.3 is 9.64 Å². The topological polar surface area (TPSA) is 25.4 Å². The molecule has 0 saturated heterocycles. The van der Waals surface area contributed by atoms with Crippen LogP contribution in [-0.4, -0.2) is 37.1 Å². The molecule has 0 N–H and O–H groups in total. The van der Waals surface area contributed by atoms with Crippen LogP contribution in [0.2, 0.25) is 0 Å². The summed E-state index contributed by atoms with van der Waals surface area (Å²) >= 11 is 1.76. The smallest absolute Gasteiger partial charge is 0.123 e. The van der Waals surface area contributed by atoms with Gasteiger partial charge in [0.15, 0.2) is 0 Å². The van der Waals surface area contributed by atoms with Gasteiger partial charge in [0.05, 0.1) is 6.61 Å². The van der Waals surface area contributed by atoms with E-state index in [1.165, 1.54) is 4.88 Å². The lowest BCUT2D eigenvalue weighted by atomic mass is 10.2. The maximum Gasteiger partial charge on any atom is 0.123 e. The zero-order valence-electron chi connectivity index (χ0n) is 12.4. The first-order chi connectivity index (χ1) is 9.69. The zero-order chi connectivity index (χ0) is 14.4. The largest absolute Gasteiger partial charge is 0.494 e. The van der Waals surface area contributed by atoms with Crippen molar-refractivity contribution in [1.29, 1.82) is 0 Å². The van der Waals surface area contributed by atoms with Gasteiger partial charge in [0.2, 0.25) is 0 Å². The second-order valence-corrected chi connectivity index (χ2v) is 6.13. The molecule has 4 heteroatoms. The number of hydrogen-bond acceptors (Lipinski definition) is 4. The van der Waals surface area contributed by atoms with E-state index in [2.05, 4.69) is 43.0 Å². The van der Waals surface area contributed by atoms with Crippen molar-refractivity contribution in [3.05, 3.63) is 35.3 Å². The number of thiazole rings is 1. The van der Waals surface area contributed by atoms with Crippen molar-refractivity contribution in [2.75, 3.05) is 27.2 Å². The molecule has 20 heavy (non-hydrogen) atoms. The molecule has 2 rings (SSSR count). The number of nitrogens with zero attached hydrogens (tertiary/aromatic N) is 2. The molecule has 0 aliphatic rings. The first-order valence-corrected chi connectivity index (χ1v) is 7.83. The van der Waals surface area contributed by atoms with Gasteiger partial charge in [-0.2, -0.15) is 0 Å². The highest BCUT2D eigenvalue weighted by atomic mass is 32.1. The van der Waals surface area contributed by atoms with Crippen LogP contribution in [0.25, 0.3) is 10.6 Å². The Bertz CT molecular complexity index is 520. The number of rotatable bonds is 7. The Balaban J connectivity index is 1.89. The number of benzene rings is 1. The van der Waals surface area contributed by atoms with Crippen molar-refractivity contribution in [3.63, 3.8) is 0 Å². The summed E-state index contributed by atoms with van der Waals surface area (Å²) in [6.07, 6.45) is 4.05. The molecule has 0 saturated carbocycles. The van der Waals surface area contributed by atoms with E-state index in [0.29, 0.717) is 0 Å². The number of aromatic nitrogens is 1. The highest BCUT2D eigenvalue weighted by Crippen LogP contribution is 2.27. The van der Waals surface area contributed by atoms with Crippen LogP contribution < -0.4 is 4.74 Å². The Labute approximate surface area is 125 Å². The summed E-state index contributed by atoms with van der Waals surface area (Å²) in [6, 6.07) is 8.22. The minimum atomic E-state index is 0.759. The van der Waals surface area contributed by atoms with E-state index in [4.69, 9.17) is 4.74 Å². The quantitative estimate of drug-likeness (QED) is 0.727. The summed E-state index contributed by atoms with van der Waals surface area (Å²) < 4.78 is 5.73. The van der Waals surface area contributed by atoms with Crippen LogP contribution in [0.15, 0.2) is 30.5 Å². The molecule has 0 amide bonds. The molecule has 0 aliphatic carbocycles. The van der Waals surface area contributed by atoms with Crippen molar-refractivity contribution in [1.82, 2.24) is 9.88 Å². The van der Waals surface area contributed by atoms with Crippen LogP contribution in [0.3, 0.4) is 0 Å². The maximum absolute atomic E-state index is 5.73. The molecular weight excluding hydrogens is 268 g/mol. The minimum Gasteiger partial charge on any atom is -0.494 e. The molecule has 0 unspecified atom stereocenters. The molecule has 0 bridgehead atoms. The Morgan fingerprint density at radius 1 is 1.20 bits per heavy atom. The Hall–Kier alpha value is -1.39. The summed E-state index contributed by atoms with van der Waals surface area (Å²) in [6.45, 7) is 3.97. The Morgan fingerprint density at radius 2 is 1.95 bits per heavy atom. The van der Waals surface area contributed by atoms with Gasteiger partial charge in [-0.05, 0) is 51.2 Å². The van der Waals surface area contributed by atoms with E-state index < -0.39 is 0 Å². The van der Waals surface area contributed by atoms with Gasteiger partial charge in [-0.15, -0.1) is 11.3 Å². The number of hydrogen-bond donors (Lipinski definition) is 0. The van der Waals surface area contributed by atoms with E-state index in [0.717, 1.165) is 42.3 Å². The molecule has 1 aromatic carbocycles. The average Bonchev–Trinajstić information content (AvgIpc) is 2.93. The summed E-state index contributed by atoms with van der Waals surface area (Å²) in [5, 5.41) is 1.08. The van der Waals surface area contributed by atoms with Crippen molar-refractivity contribution in [3.8, 4) is 16.3 Å². The second-order valence-electron chi connectivity index (χ2n) is 5.01. The molecule has 0 aliphatic heterocycles. The molecule has 0 atom stereocenters. The summed E-state index contributed by atoms with van der Waals surface area (Å²) in [5.74, 6) is 0.930. The van der Waals surface area contributed by atoms with E-state index in [1.54, 1.807) is 11.3 Å². The van der Waals surface area contributed by atoms with Crippen LogP contribution in [0, 0.1) is 0 Å². The molecule has 0 fully saturated rings. The van der Waals surface area contributed by atoms with E-state index in [1.807, 2.05) is 18.3 Å². The predicted octanol–water partition coefficient (Wildman–Crippen LogP) is 3.70. The molecule has 3 nitrogen and oxygen atoms in total. The third-order valence-electron chi connectivity index (χ3n) is 3.02. The summed E-state index contributed by atoms with van der Waals surface area (Å²) in [4.78, 5) is 7.94. The fraction of sp³-hybridized carbons (Fsp3) is 0.438. The van der Waals surface area contributed by atoms with E-state index in [-0.39, 0.29) is 0 Å². The normalized spacial score (nSPS) is 11.0. The Kier molecular flexibility index (Phi) is 5.56. The molecular formula is C16H22N2OS. The summed E-state index contributed by atoms with van der Waals surface area (Å²) in [7, 11) is 4.15. The highest BCUT2D eigenvalue weighted by molar-refractivity contribution is 7.15. The van der Waals surface area contributed by atoms with Gasteiger partial charge >= 0.3 is 0 Å². The van der Waals surface area contributed by atoms with Crippen molar-refractivity contribution < 1.29 is 4.74 Å². The van der Waals surface area contributed by atoms with E-state index in [9.17, 15) is 0 Å². The fourth-order valence-corrected chi connectivity index (χ4v) is 2.73. The van der Waals surface area contributed by atoms with Crippen LogP contribution >= 0.6 is 11.3 Å². The van der Waals surface area contributed by atoms with Crippen LogP contribution in [-0.2, 0) is 6.42 Å². The van der Waals surface area contributed by atoms with Gasteiger partial charge in [-0.3, -0.25) is 0 Å². The van der Waals surface area contributed by atoms with Crippen molar-refractivity contribution in [2.24, 2.45) is 0 Å². The third-order valence-corrected chi connectivity index (χ3v) is 4.21. The van der Waals surface area contributed by atoms with Gasteiger partial charge in [0, 0.05) is 23.2 Å². The molecule has 0 radical (unpaired) electrons. The number of aryl methyl sites for hydroxylation is 1. The van der Waals surface area contributed by atoms with Crippen LogP contribution in [0.1, 0.15) is 18.2 Å². The molecule has 108 valence electrons. The van der Waals surface area contributed by atoms with Crippen LogP contribution in [0.5, 0.6) is 5.75 Å². The molecule has 0 spiro atoms. The lowest BCUT2D eigenvalue weighted by Crippen LogP contribution is -2.15. The summed E-state index contributed by atoms with van der Waals surface area (Å²) in [5.41, 5.74) is 1.16. The lowest BCUT2D eigenvalue weighted by Gasteiger charge is -2.10. The minimum absolute atomic E-state index is 0.759. The molecule has 1 heterocycles. The first kappa shape index (κ1) is 15.0. The zero-order valence-corrected chi connectivity index (χ0v) is 13.2.